The first-order chi connectivity index (χ1) is 16.3. The van der Waals surface area contributed by atoms with Gasteiger partial charge in [-0.25, -0.2) is 13.6 Å². The molecule has 0 bridgehead atoms. The summed E-state index contributed by atoms with van der Waals surface area (Å²) >= 11 is 1.40. The van der Waals surface area contributed by atoms with E-state index in [1.807, 2.05) is 56.3 Å². The zero-order valence-corrected chi connectivity index (χ0v) is 19.6. The summed E-state index contributed by atoms with van der Waals surface area (Å²) in [4.78, 5) is 29.2. The van der Waals surface area contributed by atoms with Crippen molar-refractivity contribution in [3.8, 4) is 0 Å². The molecular formula is C26H23F2N3O2S. The second kappa shape index (κ2) is 8.43. The third-order valence-electron chi connectivity index (χ3n) is 6.24. The summed E-state index contributed by atoms with van der Waals surface area (Å²) in [5, 5.41) is 2.91. The summed E-state index contributed by atoms with van der Waals surface area (Å²) in [5.41, 5.74) is 4.21. The number of carbonyl (C=O) groups is 2. The van der Waals surface area contributed by atoms with Crippen LogP contribution in [0.15, 0.2) is 60.7 Å². The molecule has 2 aliphatic heterocycles. The summed E-state index contributed by atoms with van der Waals surface area (Å²) in [7, 11) is 0. The van der Waals surface area contributed by atoms with Crippen LogP contribution in [0, 0.1) is 25.5 Å². The van der Waals surface area contributed by atoms with Crippen LogP contribution in [0.3, 0.4) is 0 Å². The Morgan fingerprint density at radius 2 is 1.76 bits per heavy atom. The first kappa shape index (κ1) is 22.4. The van der Waals surface area contributed by atoms with Gasteiger partial charge in [0.2, 0.25) is 0 Å². The normalized spacial score (nSPS) is 19.1. The Hall–Kier alpha value is -3.39. The Kier molecular flexibility index (Phi) is 5.56. The fraction of sp³-hybridized carbons (Fsp3) is 0.231. The van der Waals surface area contributed by atoms with E-state index in [0.29, 0.717) is 29.2 Å². The van der Waals surface area contributed by atoms with Crippen LogP contribution in [-0.4, -0.2) is 29.1 Å². The molecule has 2 aliphatic rings. The van der Waals surface area contributed by atoms with Gasteiger partial charge in [-0.1, -0.05) is 41.5 Å². The topological polar surface area (TPSA) is 52.7 Å². The lowest BCUT2D eigenvalue weighted by atomic mass is 10.0. The Balaban J connectivity index is 1.53. The van der Waals surface area contributed by atoms with E-state index in [2.05, 4.69) is 5.32 Å². The average molecular weight is 480 g/mol. The van der Waals surface area contributed by atoms with E-state index in [9.17, 15) is 18.4 Å². The summed E-state index contributed by atoms with van der Waals surface area (Å²) in [5.74, 6) is -1.11. The van der Waals surface area contributed by atoms with Crippen LogP contribution >= 0.6 is 11.8 Å². The van der Waals surface area contributed by atoms with Gasteiger partial charge in [0, 0.05) is 35.2 Å². The van der Waals surface area contributed by atoms with Crippen molar-refractivity contribution in [3.05, 3.63) is 94.6 Å². The highest BCUT2D eigenvalue weighted by Crippen LogP contribution is 2.54. The molecule has 8 heteroatoms. The molecule has 34 heavy (non-hydrogen) atoms. The van der Waals surface area contributed by atoms with Crippen molar-refractivity contribution in [1.82, 2.24) is 4.90 Å². The molecule has 1 spiro atoms. The monoisotopic (exact) mass is 479 g/mol. The number of aryl methyl sites for hydroxylation is 2. The molecule has 0 unspecified atom stereocenters. The minimum atomic E-state index is -1.24. The molecule has 0 aromatic heterocycles. The van der Waals surface area contributed by atoms with Crippen LogP contribution in [0.4, 0.5) is 25.0 Å². The molecule has 5 nitrogen and oxygen atoms in total. The molecule has 174 valence electrons. The number of halogens is 2. The summed E-state index contributed by atoms with van der Waals surface area (Å²) in [6.07, 6.45) is 0. The molecule has 3 aromatic rings. The van der Waals surface area contributed by atoms with Crippen LogP contribution in [0.25, 0.3) is 0 Å². The number of carbonyl (C=O) groups excluding carboxylic acids is 2. The fourth-order valence-corrected chi connectivity index (χ4v) is 5.99. The summed E-state index contributed by atoms with van der Waals surface area (Å²) < 4.78 is 27.9. The number of fused-ring (bicyclic) bond motifs is 2. The third kappa shape index (κ3) is 3.62. The lowest BCUT2D eigenvalue weighted by molar-refractivity contribution is -0.123. The SMILES string of the molecule is Cc1ccc(NC(=O)N2CCS[C@]23C(=O)N(Cc2ccc(F)cc2F)c2ccc(C)cc23)cc1. The minimum Gasteiger partial charge on any atom is -0.308 e. The standard InChI is InChI=1S/C26H23F2N3O2S/c1-16-3-8-20(9-4-16)29-25(33)31-11-12-34-26(31)21-13-17(2)5-10-23(21)30(24(26)32)15-18-6-7-19(27)14-22(18)28/h3-10,13-14H,11-12,15H2,1-2H3,(H,29,33)/t26-/m1/s1. The summed E-state index contributed by atoms with van der Waals surface area (Å²) in [6.45, 7) is 4.22. The first-order valence-corrected chi connectivity index (χ1v) is 11.9. The van der Waals surface area contributed by atoms with Crippen molar-refractivity contribution < 1.29 is 18.4 Å². The number of hydrogen-bond donors (Lipinski definition) is 1. The van der Waals surface area contributed by atoms with Crippen LogP contribution < -0.4 is 10.2 Å². The van der Waals surface area contributed by atoms with E-state index in [4.69, 9.17) is 0 Å². The van der Waals surface area contributed by atoms with Gasteiger partial charge in [-0.3, -0.25) is 9.69 Å². The first-order valence-electron chi connectivity index (χ1n) is 11.0. The molecule has 1 N–H and O–H groups in total. The zero-order valence-electron chi connectivity index (χ0n) is 18.8. The van der Waals surface area contributed by atoms with Crippen LogP contribution in [0.2, 0.25) is 0 Å². The van der Waals surface area contributed by atoms with Gasteiger partial charge in [0.15, 0.2) is 4.87 Å². The highest BCUT2D eigenvalue weighted by molar-refractivity contribution is 8.01. The van der Waals surface area contributed by atoms with E-state index in [0.717, 1.165) is 17.2 Å². The fourth-order valence-electron chi connectivity index (χ4n) is 4.53. The lowest BCUT2D eigenvalue weighted by Crippen LogP contribution is -2.51. The zero-order chi connectivity index (χ0) is 24.0. The van der Waals surface area contributed by atoms with Crippen LogP contribution in [0.5, 0.6) is 0 Å². The predicted molar refractivity (Wildman–Crippen MR) is 130 cm³/mol. The molecule has 0 aliphatic carbocycles. The summed E-state index contributed by atoms with van der Waals surface area (Å²) in [6, 6.07) is 16.0. The van der Waals surface area contributed by atoms with E-state index in [-0.39, 0.29) is 24.0 Å². The minimum absolute atomic E-state index is 0.0588. The maximum atomic E-state index is 14.5. The number of anilines is 2. The maximum absolute atomic E-state index is 14.5. The lowest BCUT2D eigenvalue weighted by Gasteiger charge is -2.33. The van der Waals surface area contributed by atoms with Crippen molar-refractivity contribution in [3.63, 3.8) is 0 Å². The second-order valence-corrected chi connectivity index (χ2v) is 9.88. The molecule has 0 radical (unpaired) electrons. The van der Waals surface area contributed by atoms with E-state index >= 15 is 0 Å². The van der Waals surface area contributed by atoms with Gasteiger partial charge in [0.25, 0.3) is 5.91 Å². The number of amides is 3. The highest BCUT2D eigenvalue weighted by atomic mass is 32.2. The van der Waals surface area contributed by atoms with Gasteiger partial charge < -0.3 is 10.2 Å². The van der Waals surface area contributed by atoms with Gasteiger partial charge in [0.1, 0.15) is 11.6 Å². The number of urea groups is 1. The number of rotatable bonds is 3. The largest absolute Gasteiger partial charge is 0.323 e. The molecule has 0 saturated carbocycles. The molecule has 1 atom stereocenters. The molecule has 3 aromatic carbocycles. The Labute approximate surface area is 200 Å². The Bertz CT molecular complexity index is 1300. The van der Waals surface area contributed by atoms with E-state index in [1.165, 1.54) is 28.8 Å². The van der Waals surface area contributed by atoms with E-state index < -0.39 is 16.5 Å². The van der Waals surface area contributed by atoms with Crippen LogP contribution in [0.1, 0.15) is 22.3 Å². The quantitative estimate of drug-likeness (QED) is 0.535. The molecule has 2 heterocycles. The second-order valence-electron chi connectivity index (χ2n) is 8.59. The Morgan fingerprint density at radius 1 is 1.03 bits per heavy atom. The maximum Gasteiger partial charge on any atom is 0.323 e. The van der Waals surface area contributed by atoms with Gasteiger partial charge >= 0.3 is 6.03 Å². The molecular weight excluding hydrogens is 456 g/mol. The third-order valence-corrected chi connectivity index (χ3v) is 7.66. The average Bonchev–Trinajstić information content (AvgIpc) is 3.34. The van der Waals surface area contributed by atoms with Crippen molar-refractivity contribution in [1.29, 1.82) is 0 Å². The van der Waals surface area contributed by atoms with Gasteiger partial charge in [-0.2, -0.15) is 0 Å². The van der Waals surface area contributed by atoms with Gasteiger partial charge in [-0.15, -0.1) is 11.8 Å². The Morgan fingerprint density at radius 3 is 2.50 bits per heavy atom. The number of hydrogen-bond acceptors (Lipinski definition) is 3. The van der Waals surface area contributed by atoms with Crippen molar-refractivity contribution >= 4 is 35.1 Å². The number of benzene rings is 3. The van der Waals surface area contributed by atoms with Crippen molar-refractivity contribution in [2.45, 2.75) is 25.3 Å². The predicted octanol–water partition coefficient (Wildman–Crippen LogP) is 5.56. The number of nitrogens with one attached hydrogen (secondary N) is 1. The van der Waals surface area contributed by atoms with Crippen molar-refractivity contribution in [2.75, 3.05) is 22.5 Å². The number of nitrogens with zero attached hydrogens (tertiary/aromatic N) is 2. The molecule has 1 saturated heterocycles. The number of thioether (sulfide) groups is 1. The highest BCUT2D eigenvalue weighted by Gasteiger charge is 2.59. The van der Waals surface area contributed by atoms with Crippen LogP contribution in [-0.2, 0) is 16.2 Å². The molecule has 3 amide bonds. The van der Waals surface area contributed by atoms with Gasteiger partial charge in [-0.05, 0) is 38.1 Å². The molecule has 5 rings (SSSR count). The van der Waals surface area contributed by atoms with E-state index in [1.54, 1.807) is 4.90 Å². The van der Waals surface area contributed by atoms with Crippen molar-refractivity contribution in [2.24, 2.45) is 0 Å². The molecule has 1 fully saturated rings. The smallest absolute Gasteiger partial charge is 0.308 e. The van der Waals surface area contributed by atoms with Gasteiger partial charge in [0.05, 0.1) is 12.2 Å².